The standard InChI is InChI=1S/C37H70N5O16P.3Fm/c1-2-3-4-5-6-11-39-32(43)9-15-53-19-23-57-26-22-56-18-14-42-36(48)31(38)28-34(45)41-13-17-55-21-25-58-24-20-54-16-12-40-33(44)10-27-59(51,52)29-30(37(49)50)7-8-35(46)47;;;/h30-31H,2-29,38H2,1H3,(H,39,43)(H,40,44)(H,41,45)(H,42,48)(H,46,47)(H,49,50)(H,51,52);;;. The van der Waals surface area contributed by atoms with Gasteiger partial charge in [0.1, 0.15) is 0 Å². The van der Waals surface area contributed by atoms with Crippen molar-refractivity contribution in [1.82, 2.24) is 21.3 Å². The van der Waals surface area contributed by atoms with E-state index in [2.05, 4.69) is 28.2 Å². The largest absolute Gasteiger partial charge is 0.481 e. The van der Waals surface area contributed by atoms with Crippen LogP contribution in [0.2, 0.25) is 0 Å². The Hall–Kier alpha value is -6.27. The molecule has 62 heavy (non-hydrogen) atoms. The molecule has 0 saturated heterocycles. The third-order valence-electron chi connectivity index (χ3n) is 8.24. The average molecular weight is 1640 g/mol. The maximum Gasteiger partial charge on any atom is 0.307 e. The molecule has 0 aliphatic rings. The number of amides is 4. The van der Waals surface area contributed by atoms with Gasteiger partial charge >= 0.3 is 11.9 Å². The van der Waals surface area contributed by atoms with Gasteiger partial charge in [-0.1, -0.05) is 32.6 Å². The summed E-state index contributed by atoms with van der Waals surface area (Å²) in [5.74, 6) is -5.26. The van der Waals surface area contributed by atoms with Crippen molar-refractivity contribution in [2.24, 2.45) is 11.7 Å². The molecule has 0 aromatic heterocycles. The van der Waals surface area contributed by atoms with E-state index in [1.165, 1.54) is 19.3 Å². The molecule has 380 valence electrons. The summed E-state index contributed by atoms with van der Waals surface area (Å²) in [5.41, 5.74) is 5.83. The number of carbonyl (C=O) groups excluding carboxylic acids is 4. The first-order chi connectivity index (χ1) is 28.3. The van der Waals surface area contributed by atoms with Crippen LogP contribution in [0.3, 0.4) is 0 Å². The quantitative estimate of drug-likeness (QED) is 0.0291. The maximum absolute atomic E-state index is 12.3. The molecule has 3 unspecified atom stereocenters. The van der Waals surface area contributed by atoms with E-state index in [4.69, 9.17) is 44.4 Å². The van der Waals surface area contributed by atoms with Gasteiger partial charge in [0, 0.05) is 57.8 Å². The fourth-order valence-electron chi connectivity index (χ4n) is 4.95. The number of carboxylic acid groups (broad SMARTS) is 2. The molecule has 0 aromatic rings. The predicted octanol–water partition coefficient (Wildman–Crippen LogP) is -0.145. The first-order valence-corrected chi connectivity index (χ1v) is 22.4. The average Bonchev–Trinajstić information content (AvgIpc) is 3.18. The molecule has 0 saturated carbocycles. The number of hydrogen-bond acceptors (Lipinski definition) is 14. The zero-order valence-corrected chi connectivity index (χ0v) is 43.6. The molecule has 0 aliphatic carbocycles. The SMILES string of the molecule is CCCCCCCNC(=O)CCOCCOCCOCCNC(=O)C(N)CC(=O)NCCOCCOCCOCCNC(=O)CCP(=O)(O)CC(CCC(=O)O)C(=O)O.[Fm].[Fm].[Fm]. The van der Waals surface area contributed by atoms with Gasteiger partial charge in [-0.25, -0.2) is 0 Å². The summed E-state index contributed by atoms with van der Waals surface area (Å²) in [5, 5.41) is 28.5. The van der Waals surface area contributed by atoms with E-state index in [-0.39, 0.29) is 91.1 Å². The topological polar surface area (TPSA) is 310 Å². The van der Waals surface area contributed by atoms with Gasteiger partial charge in [0.05, 0.1) is 97.7 Å². The molecule has 9 N–H and O–H groups in total. The Bertz CT molecular complexity index is 1230. The zero-order valence-electron chi connectivity index (χ0n) is 35.5. The molecule has 25 heteroatoms. The molecule has 0 bridgehead atoms. The van der Waals surface area contributed by atoms with Gasteiger partial charge < -0.3 is 70.5 Å². The molecule has 0 rings (SSSR count). The van der Waals surface area contributed by atoms with Gasteiger partial charge in [0.2, 0.25) is 31.0 Å². The van der Waals surface area contributed by atoms with Crippen LogP contribution in [0.15, 0.2) is 0 Å². The van der Waals surface area contributed by atoms with E-state index in [0.29, 0.717) is 46.0 Å². The molecule has 0 radical (unpaired) electrons. The first kappa shape index (κ1) is 62.4. The van der Waals surface area contributed by atoms with Crippen LogP contribution in [0.4, 0.5) is 0 Å². The molecular formula is C37H70Fm3N5O16P. The van der Waals surface area contributed by atoms with Crippen molar-refractivity contribution in [2.45, 2.75) is 77.2 Å². The van der Waals surface area contributed by atoms with E-state index < -0.39 is 67.7 Å². The summed E-state index contributed by atoms with van der Waals surface area (Å²) in [6, 6.07) is -1.02. The fourth-order valence-corrected chi connectivity index (χ4v) is 6.71. The van der Waals surface area contributed by atoms with E-state index >= 15 is 0 Å². The number of ether oxygens (including phenoxy) is 6. The second-order valence-electron chi connectivity index (χ2n) is 13.5. The Morgan fingerprint density at radius 1 is 0.565 bits per heavy atom. The van der Waals surface area contributed by atoms with Crippen molar-refractivity contribution in [3.05, 3.63) is 0 Å². The van der Waals surface area contributed by atoms with Crippen LogP contribution in [-0.4, -0.2) is 175 Å². The van der Waals surface area contributed by atoms with Crippen molar-refractivity contribution in [3.63, 3.8) is 0 Å². The molecule has 0 fully saturated rings. The van der Waals surface area contributed by atoms with Crippen LogP contribution in [-0.2, 0) is 61.8 Å². The summed E-state index contributed by atoms with van der Waals surface area (Å²) in [6.45, 7) is 6.85. The second kappa shape index (κ2) is 41.5. The number of carboxylic acids is 2. The summed E-state index contributed by atoms with van der Waals surface area (Å²) in [6.07, 6.45) is 3.82. The Morgan fingerprint density at radius 3 is 1.50 bits per heavy atom. The van der Waals surface area contributed by atoms with Crippen LogP contribution in [0.1, 0.15) is 71.1 Å². The number of nitrogens with two attached hydrogens (primary N) is 1. The van der Waals surface area contributed by atoms with E-state index in [0.717, 1.165) is 12.8 Å². The Labute approximate surface area is 347 Å². The van der Waals surface area contributed by atoms with Crippen LogP contribution < -0.4 is 27.0 Å². The minimum Gasteiger partial charge on any atom is -0.481 e. The van der Waals surface area contributed by atoms with Gasteiger partial charge in [-0.2, -0.15) is 0 Å². The summed E-state index contributed by atoms with van der Waals surface area (Å²) < 4.78 is 44.7. The first-order valence-electron chi connectivity index (χ1n) is 20.3. The minimum atomic E-state index is -3.96. The molecular weight excluding hydrogens is 1570 g/mol. The van der Waals surface area contributed by atoms with E-state index in [1.807, 2.05) is 0 Å². The molecule has 21 nitrogen and oxygen atoms in total. The second-order valence-corrected chi connectivity index (χ2v) is 16.0. The number of nitrogens with one attached hydrogen (secondary N) is 4. The summed E-state index contributed by atoms with van der Waals surface area (Å²) in [4.78, 5) is 80.0. The predicted molar refractivity (Wildman–Crippen MR) is 215 cm³/mol. The number of aliphatic carboxylic acids is 2. The van der Waals surface area contributed by atoms with Crippen molar-refractivity contribution >= 4 is 42.9 Å². The Balaban J connectivity index is -0.00000561. The molecule has 0 aliphatic heterocycles. The third-order valence-corrected chi connectivity index (χ3v) is 10.2. The molecule has 0 aromatic carbocycles. The Morgan fingerprint density at radius 2 is 1.00 bits per heavy atom. The summed E-state index contributed by atoms with van der Waals surface area (Å²) in [7, 11) is -3.96. The van der Waals surface area contributed by atoms with Crippen molar-refractivity contribution in [2.75, 3.05) is 118 Å². The van der Waals surface area contributed by atoms with Crippen LogP contribution in [0.5, 0.6) is 0 Å². The monoisotopic (exact) mass is 1640 g/mol. The van der Waals surface area contributed by atoms with Crippen molar-refractivity contribution < 1.29 is 76.9 Å². The molecule has 3 atom stereocenters. The molecule has 4 amide bonds. The van der Waals surface area contributed by atoms with Crippen LogP contribution in [0.25, 0.3) is 0 Å². The third kappa shape index (κ3) is 40.5. The number of hydrogen-bond donors (Lipinski definition) is 8. The zero-order chi connectivity index (χ0) is 44.0. The van der Waals surface area contributed by atoms with Gasteiger partial charge in [-0.05, 0) is 12.8 Å². The van der Waals surface area contributed by atoms with Crippen molar-refractivity contribution in [3.8, 4) is 0 Å². The van der Waals surface area contributed by atoms with Gasteiger partial charge in [-0.3, -0.25) is 33.3 Å². The van der Waals surface area contributed by atoms with Gasteiger partial charge in [0.25, 0.3) is 0 Å². The van der Waals surface area contributed by atoms with Gasteiger partial charge in [-0.15, -0.1) is 0 Å². The normalized spacial score (nSPS) is 12.6. The van der Waals surface area contributed by atoms with E-state index in [9.17, 15) is 38.2 Å². The van der Waals surface area contributed by atoms with Gasteiger partial charge in [0.15, 0.2) is 0 Å². The van der Waals surface area contributed by atoms with E-state index in [1.54, 1.807) is 0 Å². The molecule has 0 heterocycles. The number of rotatable bonds is 42. The van der Waals surface area contributed by atoms with Crippen LogP contribution in [0, 0.1) is 5.92 Å². The van der Waals surface area contributed by atoms with Crippen LogP contribution >= 0.6 is 7.37 Å². The van der Waals surface area contributed by atoms with Crippen molar-refractivity contribution in [1.29, 1.82) is 0 Å². The maximum atomic E-state index is 12.3. The fraction of sp³-hybridized carbons (Fsp3) is 0.838. The Kier molecular flexibility index (Phi) is 41.7. The minimum absolute atomic E-state index is 0. The number of carbonyl (C=O) groups is 6. The number of unbranched alkanes of at least 4 members (excludes halogenated alkanes) is 4. The molecule has 0 spiro atoms. The summed E-state index contributed by atoms with van der Waals surface area (Å²) >= 11 is 0. The smallest absolute Gasteiger partial charge is 0.307 e.